The number of hydrogen-bond acceptors (Lipinski definition) is 4. The maximum Gasteiger partial charge on any atom is 0.305 e. The molecule has 0 spiro atoms. The minimum absolute atomic E-state index is 0.0868. The van der Waals surface area contributed by atoms with E-state index in [0.29, 0.717) is 12.5 Å². The van der Waals surface area contributed by atoms with Crippen LogP contribution in [0.4, 0.5) is 0 Å². The van der Waals surface area contributed by atoms with E-state index in [9.17, 15) is 9.59 Å². The first kappa shape index (κ1) is 16.7. The van der Waals surface area contributed by atoms with Gasteiger partial charge in [-0.05, 0) is 24.4 Å². The summed E-state index contributed by atoms with van der Waals surface area (Å²) in [5.74, 6) is -1.01. The minimum atomic E-state index is -0.912. The van der Waals surface area contributed by atoms with E-state index in [1.54, 1.807) is 0 Å². The molecular formula is C14H22N2O3S. The lowest BCUT2D eigenvalue weighted by Crippen LogP contribution is -2.31. The molecule has 1 amide bonds. The third kappa shape index (κ3) is 6.68. The summed E-state index contributed by atoms with van der Waals surface area (Å²) in [6.45, 7) is 4.90. The fraction of sp³-hybridized carbons (Fsp3) is 0.571. The van der Waals surface area contributed by atoms with Gasteiger partial charge in [-0.25, -0.2) is 0 Å². The molecule has 5 nitrogen and oxygen atoms in total. The number of hydrogen-bond donors (Lipinski definition) is 3. The Morgan fingerprint density at radius 1 is 1.40 bits per heavy atom. The number of amides is 1. The topological polar surface area (TPSA) is 78.4 Å². The average Bonchev–Trinajstić information content (AvgIpc) is 2.86. The first-order valence-electron chi connectivity index (χ1n) is 6.77. The molecule has 20 heavy (non-hydrogen) atoms. The molecule has 3 N–H and O–H groups in total. The SMILES string of the molecule is CC(C)NCCCC(=O)NC(CC(=O)O)c1cccs1. The molecule has 1 aromatic heterocycles. The van der Waals surface area contributed by atoms with Crippen LogP contribution < -0.4 is 10.6 Å². The number of nitrogens with one attached hydrogen (secondary N) is 2. The van der Waals surface area contributed by atoms with Crippen molar-refractivity contribution in [2.75, 3.05) is 6.54 Å². The summed E-state index contributed by atoms with van der Waals surface area (Å²) in [7, 11) is 0. The number of aliphatic carboxylic acids is 1. The van der Waals surface area contributed by atoms with Crippen LogP contribution in [-0.4, -0.2) is 29.6 Å². The number of carbonyl (C=O) groups is 2. The highest BCUT2D eigenvalue weighted by Gasteiger charge is 2.18. The molecule has 0 aliphatic carbocycles. The van der Waals surface area contributed by atoms with Crippen molar-refractivity contribution in [3.05, 3.63) is 22.4 Å². The lowest BCUT2D eigenvalue weighted by atomic mass is 10.1. The van der Waals surface area contributed by atoms with Gasteiger partial charge in [0.1, 0.15) is 0 Å². The van der Waals surface area contributed by atoms with Crippen molar-refractivity contribution in [1.82, 2.24) is 10.6 Å². The van der Waals surface area contributed by atoms with Gasteiger partial charge < -0.3 is 15.7 Å². The molecule has 1 unspecified atom stereocenters. The summed E-state index contributed by atoms with van der Waals surface area (Å²) in [5.41, 5.74) is 0. The van der Waals surface area contributed by atoms with E-state index in [0.717, 1.165) is 17.8 Å². The molecule has 1 heterocycles. The van der Waals surface area contributed by atoms with Gasteiger partial charge in [0.2, 0.25) is 5.91 Å². The Morgan fingerprint density at radius 3 is 2.70 bits per heavy atom. The van der Waals surface area contributed by atoms with Gasteiger partial charge in [-0.1, -0.05) is 19.9 Å². The Labute approximate surface area is 123 Å². The summed E-state index contributed by atoms with van der Waals surface area (Å²) >= 11 is 1.46. The highest BCUT2D eigenvalue weighted by molar-refractivity contribution is 7.10. The maximum absolute atomic E-state index is 11.8. The number of thiophene rings is 1. The minimum Gasteiger partial charge on any atom is -0.481 e. The smallest absolute Gasteiger partial charge is 0.305 e. The fourth-order valence-electron chi connectivity index (χ4n) is 1.79. The molecule has 0 saturated heterocycles. The molecule has 0 radical (unpaired) electrons. The summed E-state index contributed by atoms with van der Waals surface area (Å²) in [6, 6.07) is 3.67. The Bertz CT molecular complexity index is 418. The zero-order chi connectivity index (χ0) is 15.0. The average molecular weight is 298 g/mol. The van der Waals surface area contributed by atoms with Gasteiger partial charge >= 0.3 is 5.97 Å². The van der Waals surface area contributed by atoms with Gasteiger partial charge in [-0.3, -0.25) is 9.59 Å². The van der Waals surface area contributed by atoms with Crippen LogP contribution >= 0.6 is 11.3 Å². The van der Waals surface area contributed by atoms with Crippen LogP contribution in [-0.2, 0) is 9.59 Å². The maximum atomic E-state index is 11.8. The van der Waals surface area contributed by atoms with Gasteiger partial charge in [-0.15, -0.1) is 11.3 Å². The summed E-state index contributed by atoms with van der Waals surface area (Å²) in [6.07, 6.45) is 1.06. The standard InChI is InChI=1S/C14H22N2O3S/c1-10(2)15-7-3-6-13(17)16-11(9-14(18)19)12-5-4-8-20-12/h4-5,8,10-11,15H,3,6-7,9H2,1-2H3,(H,16,17)(H,18,19). The zero-order valence-electron chi connectivity index (χ0n) is 11.9. The largest absolute Gasteiger partial charge is 0.481 e. The molecule has 0 bridgehead atoms. The highest BCUT2D eigenvalue weighted by Crippen LogP contribution is 2.22. The van der Waals surface area contributed by atoms with Crippen LogP contribution in [0.5, 0.6) is 0 Å². The van der Waals surface area contributed by atoms with Gasteiger partial charge in [0.25, 0.3) is 0 Å². The fourth-order valence-corrected chi connectivity index (χ4v) is 2.57. The molecule has 0 saturated carbocycles. The molecule has 1 atom stereocenters. The number of carboxylic acid groups (broad SMARTS) is 1. The molecule has 112 valence electrons. The molecule has 1 rings (SSSR count). The van der Waals surface area contributed by atoms with Crippen molar-refractivity contribution >= 4 is 23.2 Å². The Hall–Kier alpha value is -1.40. The van der Waals surface area contributed by atoms with E-state index in [1.807, 2.05) is 17.5 Å². The van der Waals surface area contributed by atoms with Crippen LogP contribution in [0, 0.1) is 0 Å². The molecule has 1 aromatic rings. The second-order valence-corrected chi connectivity index (χ2v) is 5.93. The third-order valence-corrected chi connectivity index (χ3v) is 3.72. The van der Waals surface area contributed by atoms with Crippen LogP contribution in [0.15, 0.2) is 17.5 Å². The van der Waals surface area contributed by atoms with Crippen molar-refractivity contribution in [1.29, 1.82) is 0 Å². The van der Waals surface area contributed by atoms with Gasteiger partial charge in [-0.2, -0.15) is 0 Å². The normalized spacial score (nSPS) is 12.3. The van der Waals surface area contributed by atoms with E-state index >= 15 is 0 Å². The van der Waals surface area contributed by atoms with Crippen LogP contribution in [0.25, 0.3) is 0 Å². The molecular weight excluding hydrogens is 276 g/mol. The monoisotopic (exact) mass is 298 g/mol. The molecule has 0 aliphatic rings. The molecule has 0 fully saturated rings. The molecule has 0 aliphatic heterocycles. The quantitative estimate of drug-likeness (QED) is 0.610. The Balaban J connectivity index is 2.41. The second-order valence-electron chi connectivity index (χ2n) is 4.95. The predicted octanol–water partition coefficient (Wildman–Crippen LogP) is 2.16. The van der Waals surface area contributed by atoms with Crippen molar-refractivity contribution in [3.63, 3.8) is 0 Å². The highest BCUT2D eigenvalue weighted by atomic mass is 32.1. The van der Waals surface area contributed by atoms with Crippen LogP contribution in [0.2, 0.25) is 0 Å². The second kappa shape index (κ2) is 8.71. The number of carboxylic acids is 1. The van der Waals surface area contributed by atoms with Crippen molar-refractivity contribution in [2.45, 2.75) is 45.2 Å². The Morgan fingerprint density at radius 2 is 2.15 bits per heavy atom. The van der Waals surface area contributed by atoms with Gasteiger partial charge in [0, 0.05) is 17.3 Å². The summed E-state index contributed by atoms with van der Waals surface area (Å²) in [4.78, 5) is 23.6. The predicted molar refractivity (Wildman–Crippen MR) is 79.8 cm³/mol. The van der Waals surface area contributed by atoms with E-state index in [2.05, 4.69) is 24.5 Å². The lowest BCUT2D eigenvalue weighted by molar-refractivity contribution is -0.137. The number of rotatable bonds is 9. The first-order valence-corrected chi connectivity index (χ1v) is 7.65. The van der Waals surface area contributed by atoms with Crippen molar-refractivity contribution in [3.8, 4) is 0 Å². The van der Waals surface area contributed by atoms with Gasteiger partial charge in [0.05, 0.1) is 12.5 Å². The summed E-state index contributed by atoms with van der Waals surface area (Å²) < 4.78 is 0. The number of carbonyl (C=O) groups excluding carboxylic acids is 1. The van der Waals surface area contributed by atoms with E-state index in [4.69, 9.17) is 5.11 Å². The van der Waals surface area contributed by atoms with Gasteiger partial charge in [0.15, 0.2) is 0 Å². The zero-order valence-corrected chi connectivity index (χ0v) is 12.7. The molecule has 6 heteroatoms. The van der Waals surface area contributed by atoms with Crippen molar-refractivity contribution < 1.29 is 14.7 Å². The van der Waals surface area contributed by atoms with Crippen LogP contribution in [0.1, 0.15) is 44.0 Å². The molecule has 0 aromatic carbocycles. The Kier molecular flexibility index (Phi) is 7.25. The van der Waals surface area contributed by atoms with E-state index < -0.39 is 12.0 Å². The first-order chi connectivity index (χ1) is 9.49. The summed E-state index contributed by atoms with van der Waals surface area (Å²) in [5, 5.41) is 16.8. The van der Waals surface area contributed by atoms with Crippen LogP contribution in [0.3, 0.4) is 0 Å². The van der Waals surface area contributed by atoms with Crippen molar-refractivity contribution in [2.24, 2.45) is 0 Å². The lowest BCUT2D eigenvalue weighted by Gasteiger charge is -2.15. The van der Waals surface area contributed by atoms with E-state index in [-0.39, 0.29) is 12.3 Å². The third-order valence-electron chi connectivity index (χ3n) is 2.73. The van der Waals surface area contributed by atoms with E-state index in [1.165, 1.54) is 11.3 Å².